The molecule has 2 amide bonds. The number of ketones is 1. The zero-order valence-electron chi connectivity index (χ0n) is 12.2. The second kappa shape index (κ2) is 5.79. The van der Waals surface area contributed by atoms with Crippen LogP contribution >= 0.6 is 0 Å². The summed E-state index contributed by atoms with van der Waals surface area (Å²) in [5.74, 6) is -1.70. The van der Waals surface area contributed by atoms with Gasteiger partial charge in [-0.15, -0.1) is 0 Å². The molecule has 1 aliphatic carbocycles. The summed E-state index contributed by atoms with van der Waals surface area (Å²) < 4.78 is 0. The molecule has 2 rings (SSSR count). The predicted molar refractivity (Wildman–Crippen MR) is 75.8 cm³/mol. The highest BCUT2D eigenvalue weighted by Crippen LogP contribution is 2.32. The maximum absolute atomic E-state index is 12.4. The third-order valence-corrected chi connectivity index (χ3v) is 4.17. The number of rotatable bonds is 3. The first-order chi connectivity index (χ1) is 9.79. The van der Waals surface area contributed by atoms with Gasteiger partial charge >= 0.3 is 0 Å². The van der Waals surface area contributed by atoms with Crippen molar-refractivity contribution in [2.45, 2.75) is 39.5 Å². The summed E-state index contributed by atoms with van der Waals surface area (Å²) in [7, 11) is 0. The van der Waals surface area contributed by atoms with Gasteiger partial charge in [-0.2, -0.15) is 0 Å². The van der Waals surface area contributed by atoms with E-state index in [1.807, 2.05) is 13.8 Å². The molecule has 2 aliphatic rings. The molecule has 0 saturated carbocycles. The summed E-state index contributed by atoms with van der Waals surface area (Å²) in [6.07, 6.45) is 0.917. The minimum Gasteiger partial charge on any atom is -0.511 e. The number of carbonyl (C=O) groups excluding carboxylic acids is 3. The van der Waals surface area contributed by atoms with Gasteiger partial charge in [0.25, 0.3) is 0 Å². The van der Waals surface area contributed by atoms with Crippen molar-refractivity contribution in [3.05, 3.63) is 11.3 Å². The van der Waals surface area contributed by atoms with Gasteiger partial charge in [-0.1, -0.05) is 13.8 Å². The van der Waals surface area contributed by atoms with Crippen molar-refractivity contribution in [2.75, 3.05) is 0 Å². The number of hydrogen-bond donors (Lipinski definition) is 3. The minimum atomic E-state index is -0.372. The second-order valence-corrected chi connectivity index (χ2v) is 6.08. The van der Waals surface area contributed by atoms with Crippen LogP contribution in [0, 0.1) is 23.2 Å². The van der Waals surface area contributed by atoms with Crippen LogP contribution in [0.4, 0.5) is 0 Å². The number of imide groups is 1. The van der Waals surface area contributed by atoms with Crippen molar-refractivity contribution in [1.82, 2.24) is 5.32 Å². The van der Waals surface area contributed by atoms with E-state index in [1.54, 1.807) is 0 Å². The fraction of sp³-hybridized carbons (Fsp3) is 0.600. The van der Waals surface area contributed by atoms with Crippen LogP contribution in [0.3, 0.4) is 0 Å². The molecule has 1 saturated heterocycles. The Bertz CT molecular complexity index is 534. The van der Waals surface area contributed by atoms with E-state index in [4.69, 9.17) is 5.41 Å². The van der Waals surface area contributed by atoms with E-state index in [0.29, 0.717) is 6.42 Å². The van der Waals surface area contributed by atoms with Gasteiger partial charge in [0.05, 0.1) is 5.57 Å². The SMILES string of the molecule is C[C@@H]1C[C@H](C)C(O)=C(C(=O)CC2CC(=O)NC(=O)C2)C1=N. The third kappa shape index (κ3) is 3.20. The fourth-order valence-corrected chi connectivity index (χ4v) is 3.05. The molecule has 0 aromatic heterocycles. The van der Waals surface area contributed by atoms with Crippen molar-refractivity contribution >= 4 is 23.3 Å². The molecule has 0 radical (unpaired) electrons. The van der Waals surface area contributed by atoms with Crippen LogP contribution in [0.1, 0.15) is 39.5 Å². The number of Topliss-reactive ketones (excluding diaryl/α,β-unsaturated/α-hetero) is 1. The molecular formula is C15H20N2O4. The standard InChI is InChI=1S/C15H20N2O4/c1-7-3-8(2)15(21)13(14(7)16)10(18)4-9-5-11(19)17-12(20)6-9/h7-9,16,21H,3-6H2,1-2H3,(H,17,19,20)/t7-,8+/m1/s1. The zero-order chi connectivity index (χ0) is 15.7. The molecule has 1 heterocycles. The third-order valence-electron chi connectivity index (χ3n) is 4.17. The summed E-state index contributed by atoms with van der Waals surface area (Å²) >= 11 is 0. The highest BCUT2D eigenvalue weighted by Gasteiger charge is 2.34. The van der Waals surface area contributed by atoms with Crippen molar-refractivity contribution < 1.29 is 19.5 Å². The van der Waals surface area contributed by atoms with Gasteiger partial charge < -0.3 is 10.5 Å². The zero-order valence-corrected chi connectivity index (χ0v) is 12.2. The maximum atomic E-state index is 12.4. The highest BCUT2D eigenvalue weighted by atomic mass is 16.3. The maximum Gasteiger partial charge on any atom is 0.226 e. The molecule has 1 aliphatic heterocycles. The molecule has 3 N–H and O–H groups in total. The number of aliphatic hydroxyl groups excluding tert-OH is 1. The Morgan fingerprint density at radius 3 is 2.38 bits per heavy atom. The molecule has 0 bridgehead atoms. The number of nitrogens with one attached hydrogen (secondary N) is 2. The van der Waals surface area contributed by atoms with Gasteiger partial charge in [0.15, 0.2) is 5.78 Å². The van der Waals surface area contributed by atoms with Crippen LogP contribution in [-0.4, -0.2) is 28.4 Å². The molecule has 1 fully saturated rings. The van der Waals surface area contributed by atoms with Crippen molar-refractivity contribution in [1.29, 1.82) is 5.41 Å². The Kier molecular flexibility index (Phi) is 4.25. The van der Waals surface area contributed by atoms with Crippen LogP contribution in [0.5, 0.6) is 0 Å². The minimum absolute atomic E-state index is 0.0143. The summed E-state index contributed by atoms with van der Waals surface area (Å²) in [6, 6.07) is 0. The van der Waals surface area contributed by atoms with Crippen LogP contribution in [0.25, 0.3) is 0 Å². The van der Waals surface area contributed by atoms with E-state index in [0.717, 1.165) is 0 Å². The Labute approximate surface area is 123 Å². The van der Waals surface area contributed by atoms with Crippen molar-refractivity contribution in [2.24, 2.45) is 17.8 Å². The van der Waals surface area contributed by atoms with Crippen molar-refractivity contribution in [3.63, 3.8) is 0 Å². The Balaban J connectivity index is 2.15. The van der Waals surface area contributed by atoms with Gasteiger partial charge in [-0.3, -0.25) is 19.7 Å². The quantitative estimate of drug-likeness (QED) is 0.685. The van der Waals surface area contributed by atoms with Crippen LogP contribution in [0.15, 0.2) is 11.3 Å². The number of carbonyl (C=O) groups is 3. The topological polar surface area (TPSA) is 107 Å². The molecule has 0 aromatic rings. The van der Waals surface area contributed by atoms with E-state index in [1.165, 1.54) is 0 Å². The molecule has 6 heteroatoms. The monoisotopic (exact) mass is 292 g/mol. The van der Waals surface area contributed by atoms with Crippen molar-refractivity contribution in [3.8, 4) is 0 Å². The molecule has 0 unspecified atom stereocenters. The molecule has 0 spiro atoms. The lowest BCUT2D eigenvalue weighted by Gasteiger charge is -2.28. The first-order valence-electron chi connectivity index (χ1n) is 7.17. The number of aliphatic hydroxyl groups is 1. The van der Waals surface area contributed by atoms with E-state index >= 15 is 0 Å². The molecule has 114 valence electrons. The Morgan fingerprint density at radius 2 is 1.81 bits per heavy atom. The van der Waals surface area contributed by atoms with E-state index < -0.39 is 0 Å². The van der Waals surface area contributed by atoms with E-state index in [9.17, 15) is 19.5 Å². The van der Waals surface area contributed by atoms with Crippen LogP contribution in [-0.2, 0) is 14.4 Å². The Hall–Kier alpha value is -1.98. The summed E-state index contributed by atoms with van der Waals surface area (Å²) in [5, 5.41) is 20.3. The summed E-state index contributed by atoms with van der Waals surface area (Å²) in [4.78, 5) is 35.0. The van der Waals surface area contributed by atoms with Gasteiger partial charge in [-0.05, 0) is 18.3 Å². The largest absolute Gasteiger partial charge is 0.511 e. The Morgan fingerprint density at radius 1 is 1.24 bits per heavy atom. The van der Waals surface area contributed by atoms with Gasteiger partial charge in [-0.25, -0.2) is 0 Å². The van der Waals surface area contributed by atoms with Gasteiger partial charge in [0.2, 0.25) is 11.8 Å². The molecule has 2 atom stereocenters. The lowest BCUT2D eigenvalue weighted by atomic mass is 9.77. The van der Waals surface area contributed by atoms with E-state index in [-0.39, 0.29) is 71.7 Å². The number of allylic oxidation sites excluding steroid dienone is 2. The molecule has 21 heavy (non-hydrogen) atoms. The average molecular weight is 292 g/mol. The lowest BCUT2D eigenvalue weighted by Crippen LogP contribution is -2.39. The van der Waals surface area contributed by atoms with Crippen LogP contribution < -0.4 is 5.32 Å². The molecular weight excluding hydrogens is 272 g/mol. The van der Waals surface area contributed by atoms with Gasteiger partial charge in [0.1, 0.15) is 5.76 Å². The van der Waals surface area contributed by atoms with E-state index in [2.05, 4.69) is 5.32 Å². The summed E-state index contributed by atoms with van der Waals surface area (Å²) in [5.41, 5.74) is 0.238. The fourth-order valence-electron chi connectivity index (χ4n) is 3.05. The van der Waals surface area contributed by atoms with Gasteiger partial charge in [0, 0.05) is 30.9 Å². The number of hydrogen-bond acceptors (Lipinski definition) is 5. The lowest BCUT2D eigenvalue weighted by molar-refractivity contribution is -0.135. The van der Waals surface area contributed by atoms with Crippen LogP contribution in [0.2, 0.25) is 0 Å². The smallest absolute Gasteiger partial charge is 0.226 e. The molecule has 0 aromatic carbocycles. The second-order valence-electron chi connectivity index (χ2n) is 6.08. The summed E-state index contributed by atoms with van der Waals surface area (Å²) in [6.45, 7) is 3.68. The number of amides is 2. The highest BCUT2D eigenvalue weighted by molar-refractivity contribution is 6.22. The average Bonchev–Trinajstić information content (AvgIpc) is 2.35. The predicted octanol–water partition coefficient (Wildman–Crippen LogP) is 1.51. The normalized spacial score (nSPS) is 27.8. The molecule has 6 nitrogen and oxygen atoms in total. The number of piperidine rings is 1. The first-order valence-corrected chi connectivity index (χ1v) is 7.17. The first kappa shape index (κ1) is 15.4.